The maximum Gasteiger partial charge on any atom is 0.386 e. The van der Waals surface area contributed by atoms with E-state index >= 15 is 0 Å². The van der Waals surface area contributed by atoms with Gasteiger partial charge in [-0.25, -0.2) is 4.79 Å². The number of esters is 1. The lowest BCUT2D eigenvalue weighted by atomic mass is 9.94. The number of nitriles is 1. The molecule has 136 valence electrons. The fourth-order valence-electron chi connectivity index (χ4n) is 2.70. The van der Waals surface area contributed by atoms with Crippen LogP contribution in [0.15, 0.2) is 29.3 Å². The molecule has 2 atom stereocenters. The van der Waals surface area contributed by atoms with Crippen molar-refractivity contribution in [2.45, 2.75) is 32.0 Å². The number of nitrogens with zero attached hydrogens (tertiary/aromatic N) is 1. The summed E-state index contributed by atoms with van der Waals surface area (Å²) in [6, 6.07) is 5.53. The maximum absolute atomic E-state index is 13.6. The summed E-state index contributed by atoms with van der Waals surface area (Å²) in [7, 11) is -4.12. The third-order valence-corrected chi connectivity index (χ3v) is 7.09. The molecule has 0 bridgehead atoms. The Morgan fingerprint density at radius 3 is 2.52 bits per heavy atom. The van der Waals surface area contributed by atoms with Crippen molar-refractivity contribution in [2.75, 3.05) is 19.8 Å². The third kappa shape index (κ3) is 3.25. The minimum Gasteiger partial charge on any atom is -0.469 e. The van der Waals surface area contributed by atoms with E-state index in [9.17, 15) is 14.6 Å². The molecule has 0 radical (unpaired) electrons. The molecule has 1 aromatic rings. The molecule has 7 nitrogen and oxygen atoms in total. The van der Waals surface area contributed by atoms with Crippen LogP contribution in [0.5, 0.6) is 0 Å². The van der Waals surface area contributed by atoms with E-state index in [0.717, 1.165) is 6.26 Å². The van der Waals surface area contributed by atoms with Gasteiger partial charge in [0, 0.05) is 4.88 Å². The van der Waals surface area contributed by atoms with Crippen molar-refractivity contribution in [1.29, 1.82) is 5.26 Å². The highest BCUT2D eigenvalue weighted by atomic mass is 32.1. The van der Waals surface area contributed by atoms with E-state index in [4.69, 9.17) is 18.5 Å². The van der Waals surface area contributed by atoms with E-state index < -0.39 is 24.8 Å². The monoisotopic (exact) mass is 385 g/mol. The lowest BCUT2D eigenvalue weighted by Crippen LogP contribution is -2.46. The number of carbonyl (C=O) groups excluding carboxylic acids is 1. The number of hydrogen-bond donors (Lipinski definition) is 0. The van der Waals surface area contributed by atoms with Crippen molar-refractivity contribution >= 4 is 24.9 Å². The summed E-state index contributed by atoms with van der Waals surface area (Å²) in [4.78, 5) is 13.6. The molecule has 0 spiro atoms. The summed E-state index contributed by atoms with van der Waals surface area (Å²) in [5.41, 5.74) is 0.162. The highest BCUT2D eigenvalue weighted by Gasteiger charge is 2.69. The van der Waals surface area contributed by atoms with E-state index in [-0.39, 0.29) is 25.4 Å². The van der Waals surface area contributed by atoms with Crippen molar-refractivity contribution in [2.24, 2.45) is 0 Å². The Bertz CT molecular complexity index is 715. The van der Waals surface area contributed by atoms with Gasteiger partial charge in [0.05, 0.1) is 37.4 Å². The Hall–Kier alpha value is -1.65. The average molecular weight is 385 g/mol. The highest BCUT2D eigenvalue weighted by molar-refractivity contribution is 7.56. The van der Waals surface area contributed by atoms with Crippen LogP contribution in [0.2, 0.25) is 0 Å². The van der Waals surface area contributed by atoms with Crippen molar-refractivity contribution < 1.29 is 27.9 Å². The molecule has 0 amide bonds. The molecule has 25 heavy (non-hydrogen) atoms. The smallest absolute Gasteiger partial charge is 0.386 e. The van der Waals surface area contributed by atoms with Crippen LogP contribution >= 0.6 is 18.9 Å². The number of rotatable bonds is 8. The van der Waals surface area contributed by atoms with E-state index in [1.807, 2.05) is 6.07 Å². The van der Waals surface area contributed by atoms with Crippen molar-refractivity contribution in [3.8, 4) is 6.07 Å². The maximum atomic E-state index is 13.6. The lowest BCUT2D eigenvalue weighted by molar-refractivity contribution is -0.158. The Labute approximate surface area is 150 Å². The first-order chi connectivity index (χ1) is 12.0. The molecule has 9 heteroatoms. The van der Waals surface area contributed by atoms with E-state index in [1.54, 1.807) is 38.3 Å². The minimum absolute atomic E-state index is 0.0425. The van der Waals surface area contributed by atoms with Gasteiger partial charge in [-0.2, -0.15) is 5.26 Å². The second-order valence-electron chi connectivity index (χ2n) is 5.00. The average Bonchev–Trinajstić information content (AvgIpc) is 3.23. The van der Waals surface area contributed by atoms with Crippen molar-refractivity contribution in [3.63, 3.8) is 0 Å². The summed E-state index contributed by atoms with van der Waals surface area (Å²) < 4.78 is 35.2. The Balaban J connectivity index is 2.69. The Morgan fingerprint density at radius 1 is 1.36 bits per heavy atom. The zero-order chi connectivity index (χ0) is 18.5. The first-order valence-electron chi connectivity index (χ1n) is 7.88. The molecule has 2 heterocycles. The highest BCUT2D eigenvalue weighted by Crippen LogP contribution is 2.69. The summed E-state index contributed by atoms with van der Waals surface area (Å²) >= 11 is 1.32. The minimum atomic E-state index is -4.12. The van der Waals surface area contributed by atoms with Gasteiger partial charge < -0.3 is 18.5 Å². The van der Waals surface area contributed by atoms with Gasteiger partial charge >= 0.3 is 18.9 Å². The van der Waals surface area contributed by atoms with Gasteiger partial charge in [-0.15, -0.1) is 11.3 Å². The van der Waals surface area contributed by atoms with Gasteiger partial charge in [0.1, 0.15) is 6.26 Å². The second kappa shape index (κ2) is 8.15. The molecule has 0 N–H and O–H groups in total. The number of ether oxygens (including phenoxy) is 2. The second-order valence-corrected chi connectivity index (χ2v) is 8.16. The van der Waals surface area contributed by atoms with Crippen LogP contribution in [0.25, 0.3) is 0 Å². The fraction of sp³-hybridized carbons (Fsp3) is 0.500. The predicted molar refractivity (Wildman–Crippen MR) is 92.1 cm³/mol. The van der Waals surface area contributed by atoms with Crippen LogP contribution in [0.1, 0.15) is 31.6 Å². The molecule has 1 aliphatic rings. The first-order valence-corrected chi connectivity index (χ1v) is 10.3. The van der Waals surface area contributed by atoms with E-state index in [0.29, 0.717) is 4.88 Å². The van der Waals surface area contributed by atoms with E-state index in [1.165, 1.54) is 11.3 Å². The van der Waals surface area contributed by atoms with E-state index in [2.05, 4.69) is 0 Å². The van der Waals surface area contributed by atoms with Crippen LogP contribution in [-0.2, 0) is 27.9 Å². The molecule has 0 aliphatic carbocycles. The molecule has 0 aromatic carbocycles. The van der Waals surface area contributed by atoms with Crippen LogP contribution in [0, 0.1) is 11.3 Å². The molecule has 1 aromatic heterocycles. The molecule has 0 fully saturated rings. The molecule has 1 aliphatic heterocycles. The van der Waals surface area contributed by atoms with Gasteiger partial charge in [-0.05, 0) is 32.2 Å². The molecule has 2 rings (SSSR count). The van der Waals surface area contributed by atoms with Gasteiger partial charge in [-0.3, -0.25) is 4.57 Å². The Morgan fingerprint density at radius 2 is 2.04 bits per heavy atom. The lowest BCUT2D eigenvalue weighted by Gasteiger charge is -2.36. The third-order valence-electron chi connectivity index (χ3n) is 3.60. The van der Waals surface area contributed by atoms with Gasteiger partial charge in [0.25, 0.3) is 0 Å². The first kappa shape index (κ1) is 19.7. The summed E-state index contributed by atoms with van der Waals surface area (Å²) in [6.45, 7) is 5.05. The van der Waals surface area contributed by atoms with Gasteiger partial charge in [0.2, 0.25) is 0 Å². The van der Waals surface area contributed by atoms with Crippen LogP contribution in [-0.4, -0.2) is 31.1 Å². The van der Waals surface area contributed by atoms with Crippen molar-refractivity contribution in [1.82, 2.24) is 0 Å². The zero-order valence-corrected chi connectivity index (χ0v) is 16.0. The topological polar surface area (TPSA) is 94.9 Å². The predicted octanol–water partition coefficient (Wildman–Crippen LogP) is 3.79. The number of thiophene rings is 1. The molecule has 2 unspecified atom stereocenters. The fourth-order valence-corrected chi connectivity index (χ4v) is 5.89. The summed E-state index contributed by atoms with van der Waals surface area (Å²) in [5, 5.41) is 9.21. The SMILES string of the molecule is CCOC(=O)C1(P(=O)(OCC)OCC)OC=C(C#N)C1c1cccs1. The zero-order valence-electron chi connectivity index (χ0n) is 14.3. The molecule has 0 saturated heterocycles. The standard InChI is InChI=1S/C16H20NO6PS/c1-4-20-15(18)16(24(19,22-5-2)23-6-3)14(12(10-17)11-21-16)13-8-7-9-25-13/h7-9,11,14H,4-6H2,1-3H3. The summed E-state index contributed by atoms with van der Waals surface area (Å²) in [6.07, 6.45) is 1.14. The van der Waals surface area contributed by atoms with Crippen molar-refractivity contribution in [3.05, 3.63) is 34.2 Å². The quantitative estimate of drug-likeness (QED) is 0.496. The van der Waals surface area contributed by atoms with Crippen LogP contribution in [0.4, 0.5) is 0 Å². The largest absolute Gasteiger partial charge is 0.469 e. The van der Waals surface area contributed by atoms with Crippen LogP contribution < -0.4 is 0 Å². The normalized spacial score (nSPS) is 22.8. The number of hydrogen-bond acceptors (Lipinski definition) is 8. The van der Waals surface area contributed by atoms with Gasteiger partial charge in [-0.1, -0.05) is 6.07 Å². The molecular weight excluding hydrogens is 365 g/mol. The molecular formula is C16H20NO6PS. The number of carbonyl (C=O) groups is 1. The molecule has 0 saturated carbocycles. The summed E-state index contributed by atoms with van der Waals surface area (Å²) in [5.74, 6) is -1.80. The van der Waals surface area contributed by atoms with Crippen LogP contribution in [0.3, 0.4) is 0 Å². The van der Waals surface area contributed by atoms with Gasteiger partial charge in [0.15, 0.2) is 0 Å². The Kier molecular flexibility index (Phi) is 6.42.